The number of hydrogen-bond donors (Lipinski definition) is 0. The highest BCUT2D eigenvalue weighted by molar-refractivity contribution is 5.49. The molecule has 0 aliphatic carbocycles. The fraction of sp³-hybridized carbons (Fsp3) is 0.462. The Labute approximate surface area is 96.1 Å². The molecule has 1 aromatic heterocycles. The Morgan fingerprint density at radius 2 is 2.12 bits per heavy atom. The van der Waals surface area contributed by atoms with E-state index in [1.165, 1.54) is 5.57 Å². The van der Waals surface area contributed by atoms with Crippen molar-refractivity contribution in [2.75, 3.05) is 0 Å². The maximum absolute atomic E-state index is 11.4. The number of hydrogen-bond acceptors (Lipinski definition) is 2. The Hall–Kier alpha value is -1.51. The largest absolute Gasteiger partial charge is 0.419 e. The highest BCUT2D eigenvalue weighted by Crippen LogP contribution is 2.11. The van der Waals surface area contributed by atoms with Crippen LogP contribution < -0.4 is 5.76 Å². The molecule has 88 valence electrons. The molecule has 0 aliphatic heterocycles. The number of aromatic nitrogens is 1. The minimum absolute atomic E-state index is 0.279. The third-order valence-electron chi connectivity index (χ3n) is 2.72. The van der Waals surface area contributed by atoms with E-state index in [-0.39, 0.29) is 5.76 Å². The van der Waals surface area contributed by atoms with Crippen LogP contribution in [0.15, 0.2) is 26.9 Å². The summed E-state index contributed by atoms with van der Waals surface area (Å²) in [6.45, 7) is 8.58. The molecule has 0 aliphatic rings. The molecular formula is C13H19NO2. The zero-order valence-electron chi connectivity index (χ0n) is 10.4. The van der Waals surface area contributed by atoms with Crippen molar-refractivity contribution >= 4 is 6.08 Å². The molecule has 3 heteroatoms. The Morgan fingerprint density at radius 1 is 1.44 bits per heavy atom. The van der Waals surface area contributed by atoms with Gasteiger partial charge in [-0.15, -0.1) is 0 Å². The zero-order chi connectivity index (χ0) is 12.1. The molecular weight excluding hydrogens is 202 g/mol. The molecule has 0 aromatic carbocycles. The molecule has 1 heterocycles. The van der Waals surface area contributed by atoms with Gasteiger partial charge >= 0.3 is 5.76 Å². The fourth-order valence-corrected chi connectivity index (χ4v) is 1.61. The maximum Gasteiger partial charge on any atom is 0.419 e. The molecule has 0 radical (unpaired) electrons. The summed E-state index contributed by atoms with van der Waals surface area (Å²) in [6, 6.07) is 0. The van der Waals surface area contributed by atoms with Crippen molar-refractivity contribution in [3.63, 3.8) is 0 Å². The van der Waals surface area contributed by atoms with Crippen LogP contribution in [-0.2, 0) is 6.54 Å². The van der Waals surface area contributed by atoms with Crippen molar-refractivity contribution in [3.8, 4) is 0 Å². The van der Waals surface area contributed by atoms with E-state index < -0.39 is 0 Å². The molecule has 0 N–H and O–H groups in total. The van der Waals surface area contributed by atoms with Gasteiger partial charge in [0, 0.05) is 6.54 Å². The molecule has 1 aromatic rings. The normalized spacial score (nSPS) is 12.6. The van der Waals surface area contributed by atoms with Crippen molar-refractivity contribution in [3.05, 3.63) is 39.7 Å². The maximum atomic E-state index is 11.4. The van der Waals surface area contributed by atoms with Crippen molar-refractivity contribution in [2.45, 2.75) is 40.7 Å². The molecule has 0 saturated carbocycles. The summed E-state index contributed by atoms with van der Waals surface area (Å²) in [5, 5.41) is 0. The van der Waals surface area contributed by atoms with E-state index in [9.17, 15) is 4.79 Å². The Morgan fingerprint density at radius 3 is 2.56 bits per heavy atom. The number of rotatable bonds is 4. The summed E-state index contributed by atoms with van der Waals surface area (Å²) in [7, 11) is 0. The molecule has 0 saturated heterocycles. The number of allylic oxidation sites excluding steroid dienone is 3. The van der Waals surface area contributed by atoms with Crippen LogP contribution in [0.5, 0.6) is 0 Å². The molecule has 16 heavy (non-hydrogen) atoms. The van der Waals surface area contributed by atoms with E-state index in [4.69, 9.17) is 4.42 Å². The molecule has 1 rings (SSSR count). The second-order valence-electron chi connectivity index (χ2n) is 3.61. The van der Waals surface area contributed by atoms with E-state index in [1.807, 2.05) is 32.9 Å². The van der Waals surface area contributed by atoms with Crippen LogP contribution in [0.2, 0.25) is 0 Å². The Kier molecular flexibility index (Phi) is 4.35. The molecule has 0 amide bonds. The van der Waals surface area contributed by atoms with Gasteiger partial charge in [-0.25, -0.2) is 4.79 Å². The SMILES string of the molecule is C/C=C(\C=C/c1oc(=O)n(CC)c1C)CC. The van der Waals surface area contributed by atoms with E-state index in [0.29, 0.717) is 12.3 Å². The molecule has 0 fully saturated rings. The first-order valence-corrected chi connectivity index (χ1v) is 5.67. The second-order valence-corrected chi connectivity index (χ2v) is 3.61. The van der Waals surface area contributed by atoms with Gasteiger partial charge in [-0.05, 0) is 33.3 Å². The molecule has 0 bridgehead atoms. The fourth-order valence-electron chi connectivity index (χ4n) is 1.61. The third-order valence-corrected chi connectivity index (χ3v) is 2.72. The topological polar surface area (TPSA) is 35.1 Å². The van der Waals surface area contributed by atoms with Crippen LogP contribution in [0, 0.1) is 6.92 Å². The van der Waals surface area contributed by atoms with Crippen molar-refractivity contribution < 1.29 is 4.42 Å². The van der Waals surface area contributed by atoms with Crippen molar-refractivity contribution in [1.82, 2.24) is 4.57 Å². The van der Waals surface area contributed by atoms with E-state index in [0.717, 1.165) is 12.1 Å². The summed E-state index contributed by atoms with van der Waals surface area (Å²) in [5.41, 5.74) is 2.11. The Bertz CT molecular complexity index is 461. The lowest BCUT2D eigenvalue weighted by Crippen LogP contribution is -2.13. The summed E-state index contributed by atoms with van der Waals surface area (Å²) in [4.78, 5) is 11.4. The lowest BCUT2D eigenvalue weighted by atomic mass is 10.1. The standard InChI is InChI=1S/C13H19NO2/c1-5-11(6-2)8-9-12-10(4)14(7-3)13(15)16-12/h5,8-9H,6-7H2,1-4H3/b9-8-,11-5-. The molecule has 0 atom stereocenters. The summed E-state index contributed by atoms with van der Waals surface area (Å²) in [6.07, 6.45) is 6.89. The average Bonchev–Trinajstić information content (AvgIpc) is 2.55. The van der Waals surface area contributed by atoms with E-state index in [1.54, 1.807) is 4.57 Å². The highest BCUT2D eigenvalue weighted by atomic mass is 16.4. The minimum atomic E-state index is -0.279. The minimum Gasteiger partial charge on any atom is -0.408 e. The second kappa shape index (κ2) is 5.54. The van der Waals surface area contributed by atoms with Crippen LogP contribution >= 0.6 is 0 Å². The van der Waals surface area contributed by atoms with E-state index >= 15 is 0 Å². The first-order chi connectivity index (χ1) is 7.63. The summed E-state index contributed by atoms with van der Waals surface area (Å²) in [5.74, 6) is 0.373. The highest BCUT2D eigenvalue weighted by Gasteiger charge is 2.08. The van der Waals surface area contributed by atoms with Crippen LogP contribution in [0.3, 0.4) is 0 Å². The van der Waals surface area contributed by atoms with Gasteiger partial charge in [0.25, 0.3) is 0 Å². The van der Waals surface area contributed by atoms with Gasteiger partial charge in [0.1, 0.15) is 0 Å². The predicted molar refractivity (Wildman–Crippen MR) is 66.5 cm³/mol. The lowest BCUT2D eigenvalue weighted by Gasteiger charge is -1.96. The monoisotopic (exact) mass is 221 g/mol. The van der Waals surface area contributed by atoms with Crippen molar-refractivity contribution in [2.24, 2.45) is 0 Å². The van der Waals surface area contributed by atoms with Gasteiger partial charge in [-0.3, -0.25) is 4.57 Å². The summed E-state index contributed by atoms with van der Waals surface area (Å²) >= 11 is 0. The van der Waals surface area contributed by atoms with Gasteiger partial charge in [-0.2, -0.15) is 0 Å². The van der Waals surface area contributed by atoms with Crippen molar-refractivity contribution in [1.29, 1.82) is 0 Å². The van der Waals surface area contributed by atoms with Gasteiger partial charge in [0.15, 0.2) is 5.76 Å². The molecule has 0 spiro atoms. The van der Waals surface area contributed by atoms with Gasteiger partial charge < -0.3 is 4.42 Å². The van der Waals surface area contributed by atoms with E-state index in [2.05, 4.69) is 13.0 Å². The van der Waals surface area contributed by atoms with Gasteiger partial charge in [0.05, 0.1) is 5.69 Å². The number of nitrogens with zero attached hydrogens (tertiary/aromatic N) is 1. The first-order valence-electron chi connectivity index (χ1n) is 5.67. The van der Waals surface area contributed by atoms with Gasteiger partial charge in [0.2, 0.25) is 0 Å². The average molecular weight is 221 g/mol. The van der Waals surface area contributed by atoms with Crippen LogP contribution in [0.4, 0.5) is 0 Å². The Balaban J connectivity index is 3.03. The zero-order valence-corrected chi connectivity index (χ0v) is 10.4. The molecule has 3 nitrogen and oxygen atoms in total. The van der Waals surface area contributed by atoms with Gasteiger partial charge in [-0.1, -0.05) is 24.6 Å². The smallest absolute Gasteiger partial charge is 0.408 e. The predicted octanol–water partition coefficient (Wildman–Crippen LogP) is 3.14. The van der Waals surface area contributed by atoms with Crippen LogP contribution in [-0.4, -0.2) is 4.57 Å². The summed E-state index contributed by atoms with van der Waals surface area (Å²) < 4.78 is 6.80. The van der Waals surface area contributed by atoms with Crippen LogP contribution in [0.1, 0.15) is 38.6 Å². The molecule has 0 unspecified atom stereocenters. The first kappa shape index (κ1) is 12.6. The lowest BCUT2D eigenvalue weighted by molar-refractivity contribution is 0.477. The number of oxazole rings is 1. The quantitative estimate of drug-likeness (QED) is 0.732. The van der Waals surface area contributed by atoms with Crippen LogP contribution in [0.25, 0.3) is 6.08 Å². The third kappa shape index (κ3) is 2.54.